The Labute approximate surface area is 115 Å². The highest BCUT2D eigenvalue weighted by Crippen LogP contribution is 2.29. The van der Waals surface area contributed by atoms with Crippen molar-refractivity contribution in [3.05, 3.63) is 0 Å². The van der Waals surface area contributed by atoms with Crippen molar-refractivity contribution in [1.82, 2.24) is 0 Å². The van der Waals surface area contributed by atoms with Crippen LogP contribution in [0.15, 0.2) is 0 Å². The van der Waals surface area contributed by atoms with Crippen LogP contribution in [0.2, 0.25) is 0 Å². The van der Waals surface area contributed by atoms with Crippen molar-refractivity contribution >= 4 is 114 Å². The Bertz CT molecular complexity index is 50.6. The van der Waals surface area contributed by atoms with Crippen molar-refractivity contribution in [1.29, 1.82) is 0 Å². The monoisotopic (exact) mass is 546 g/mol. The van der Waals surface area contributed by atoms with E-state index >= 15 is 0 Å². The molecule has 0 aliphatic heterocycles. The Hall–Kier alpha value is 3.35. The molecule has 58 valence electrons. The van der Waals surface area contributed by atoms with E-state index in [2.05, 4.69) is 67.8 Å². The molecular weight excluding hydrogens is 547 g/mol. The average Bonchev–Trinajstić information content (AvgIpc) is 1.19. The van der Waals surface area contributed by atoms with Gasteiger partial charge in [-0.1, -0.05) is 114 Å². The number of hydrogen-bond donors (Lipinski definition) is 0. The molecular formula is C2HCl4I3. The highest BCUT2D eigenvalue weighted by Gasteiger charge is 2.11. The molecule has 0 amide bonds. The number of halogens is 7. The first-order valence-electron chi connectivity index (χ1n) is 1.41. The minimum atomic E-state index is -1.61. The molecule has 0 bridgehead atoms. The summed E-state index contributed by atoms with van der Waals surface area (Å²) in [5.41, 5.74) is 0. The van der Waals surface area contributed by atoms with Gasteiger partial charge in [0.2, 0.25) is 0 Å². The van der Waals surface area contributed by atoms with Crippen LogP contribution in [0, 0.1) is 0 Å². The van der Waals surface area contributed by atoms with Gasteiger partial charge in [-0.3, -0.25) is 0 Å². The van der Waals surface area contributed by atoms with Gasteiger partial charge in [-0.25, -0.2) is 0 Å². The molecule has 0 heterocycles. The lowest BCUT2D eigenvalue weighted by Crippen LogP contribution is -1.81. The predicted octanol–water partition coefficient (Wildman–Crippen LogP) is 5.13. The topological polar surface area (TPSA) is 0 Å². The normalized spacial score (nSPS) is 10.7. The van der Waals surface area contributed by atoms with Crippen LogP contribution in [0.3, 0.4) is 0 Å². The van der Waals surface area contributed by atoms with Crippen LogP contribution in [0.25, 0.3) is 0 Å². The van der Waals surface area contributed by atoms with E-state index in [1.165, 1.54) is 0 Å². The van der Waals surface area contributed by atoms with Crippen molar-refractivity contribution in [3.63, 3.8) is 0 Å². The first kappa shape index (κ1) is 14.9. The summed E-state index contributed by atoms with van der Waals surface area (Å²) in [6.45, 7) is 0. The second-order valence-corrected chi connectivity index (χ2v) is 15.0. The third kappa shape index (κ3) is 88.4. The van der Waals surface area contributed by atoms with Crippen molar-refractivity contribution in [3.8, 4) is 0 Å². The van der Waals surface area contributed by atoms with E-state index in [0.29, 0.717) is 0 Å². The highest BCUT2D eigenvalue weighted by molar-refractivity contribution is 14.3. The molecule has 0 spiro atoms. The van der Waals surface area contributed by atoms with E-state index < -0.39 is 3.25 Å². The molecule has 0 N–H and O–H groups in total. The minimum absolute atomic E-state index is 0.743. The molecule has 0 fully saturated rings. The van der Waals surface area contributed by atoms with Crippen LogP contribution in [0.4, 0.5) is 0 Å². The molecule has 0 unspecified atom stereocenters. The maximum absolute atomic E-state index is 4.83. The van der Waals surface area contributed by atoms with Crippen LogP contribution in [0.1, 0.15) is 0 Å². The van der Waals surface area contributed by atoms with Crippen molar-refractivity contribution in [2.45, 2.75) is 3.19 Å². The van der Waals surface area contributed by atoms with Crippen molar-refractivity contribution < 1.29 is 0 Å². The lowest BCUT2D eigenvalue weighted by molar-refractivity contribution is 1.76. The Morgan fingerprint density at radius 1 is 0.889 bits per heavy atom. The molecule has 0 aliphatic carbocycles. The first-order valence-corrected chi connectivity index (χ1v) is 6.66. The largest absolute Gasteiger partial charge is 0.266 e. The van der Waals surface area contributed by atoms with Gasteiger partial charge in [0.05, 0.1) is 0 Å². The Kier molecular flexibility index (Phi) is 13.2. The average molecular weight is 548 g/mol. The fraction of sp³-hybridized carbons (Fsp3) is 1.00. The lowest BCUT2D eigenvalue weighted by atomic mass is 11.8. The van der Waals surface area contributed by atoms with Crippen molar-refractivity contribution in [2.75, 3.05) is 0 Å². The van der Waals surface area contributed by atoms with Crippen LogP contribution in [-0.4, -0.2) is 3.19 Å². The number of alkyl halides is 7. The molecule has 0 rings (SSSR count). The van der Waals surface area contributed by atoms with Gasteiger partial charge in [-0.15, -0.1) is 0 Å². The zero-order valence-corrected chi connectivity index (χ0v) is 13.2. The molecule has 0 nitrogen and oxygen atoms in total. The van der Waals surface area contributed by atoms with Gasteiger partial charge in [0, 0.05) is 0 Å². The summed E-state index contributed by atoms with van der Waals surface area (Å²) in [6.07, 6.45) is 0. The van der Waals surface area contributed by atoms with Gasteiger partial charge in [0.25, 0.3) is 3.25 Å². The summed E-state index contributed by atoms with van der Waals surface area (Å²) < 4.78 is -0.868. The minimum Gasteiger partial charge on any atom is -0.0664 e. The molecule has 0 saturated heterocycles. The van der Waals surface area contributed by atoms with Crippen LogP contribution >= 0.6 is 114 Å². The second kappa shape index (κ2) is 7.97. The van der Waals surface area contributed by atoms with Gasteiger partial charge in [0.1, 0.15) is -0.0619 Å². The highest BCUT2D eigenvalue weighted by atomic mass is 127. The van der Waals surface area contributed by atoms with Crippen LogP contribution < -0.4 is 0 Å². The van der Waals surface area contributed by atoms with Gasteiger partial charge >= 0.3 is 0 Å². The van der Waals surface area contributed by atoms with E-state index in [0.717, 1.165) is -0.0619 Å². The summed E-state index contributed by atoms with van der Waals surface area (Å²) in [4.78, 5) is 0. The molecule has 0 aromatic rings. The number of hydrogen-bond acceptors (Lipinski definition) is 0. The van der Waals surface area contributed by atoms with Crippen LogP contribution in [-0.2, 0) is 0 Å². The third-order valence-electron chi connectivity index (χ3n) is 0. The van der Waals surface area contributed by atoms with Gasteiger partial charge in [-0.2, -0.15) is 0 Å². The molecule has 0 saturated carbocycles. The SMILES string of the molecule is ClC(Cl)(Cl)Cl.IC(I)I. The van der Waals surface area contributed by atoms with E-state index in [-0.39, 0.29) is 0 Å². The lowest BCUT2D eigenvalue weighted by Gasteiger charge is -1.91. The molecule has 0 aromatic carbocycles. The van der Waals surface area contributed by atoms with E-state index in [1.807, 2.05) is 0 Å². The molecule has 9 heavy (non-hydrogen) atoms. The first-order chi connectivity index (χ1) is 3.73. The van der Waals surface area contributed by atoms with E-state index in [4.69, 9.17) is 46.4 Å². The molecule has 0 radical (unpaired) electrons. The third-order valence-corrected chi connectivity index (χ3v) is 0. The van der Waals surface area contributed by atoms with E-state index in [1.54, 1.807) is 0 Å². The molecule has 7 heteroatoms. The summed E-state index contributed by atoms with van der Waals surface area (Å²) in [6, 6.07) is 0. The van der Waals surface area contributed by atoms with E-state index in [9.17, 15) is 0 Å². The van der Waals surface area contributed by atoms with Crippen molar-refractivity contribution in [2.24, 2.45) is 0 Å². The quantitative estimate of drug-likeness (QED) is 0.292. The van der Waals surface area contributed by atoms with Gasteiger partial charge in [-0.05, 0) is 0 Å². The predicted molar refractivity (Wildman–Crippen MR) is 72.0 cm³/mol. The standard InChI is InChI=1S/CCl4.CHI3/c2-1(3,4)5;2-1(3)4/h;1H. The second-order valence-electron chi connectivity index (χ2n) is 0.676. The molecule has 0 aromatic heterocycles. The maximum Gasteiger partial charge on any atom is 0.266 e. The zero-order chi connectivity index (χ0) is 8.08. The number of rotatable bonds is 0. The Balaban J connectivity index is 0. The smallest absolute Gasteiger partial charge is 0.0664 e. The Morgan fingerprint density at radius 2 is 0.889 bits per heavy atom. The van der Waals surface area contributed by atoms with Gasteiger partial charge < -0.3 is 0 Å². The fourth-order valence-electron chi connectivity index (χ4n) is 0. The summed E-state index contributed by atoms with van der Waals surface area (Å²) in [5.74, 6) is 0. The fourth-order valence-corrected chi connectivity index (χ4v) is 0. The zero-order valence-electron chi connectivity index (χ0n) is 3.72. The maximum atomic E-state index is 4.83. The summed E-state index contributed by atoms with van der Waals surface area (Å²) >= 11 is 26.3. The van der Waals surface area contributed by atoms with Gasteiger partial charge in [0.15, 0.2) is 0 Å². The summed E-state index contributed by atoms with van der Waals surface area (Å²) in [5, 5.41) is 0. The summed E-state index contributed by atoms with van der Waals surface area (Å²) in [7, 11) is 0. The molecule has 0 atom stereocenters. The molecule has 0 aliphatic rings. The Morgan fingerprint density at radius 3 is 0.889 bits per heavy atom. The van der Waals surface area contributed by atoms with Crippen LogP contribution in [0.5, 0.6) is 0 Å².